The highest BCUT2D eigenvalue weighted by atomic mass is 19.1. The highest BCUT2D eigenvalue weighted by Gasteiger charge is 2.41. The van der Waals surface area contributed by atoms with Gasteiger partial charge in [0.05, 0.1) is 0 Å². The van der Waals surface area contributed by atoms with Crippen LogP contribution in [0.15, 0.2) is 0 Å². The van der Waals surface area contributed by atoms with Gasteiger partial charge < -0.3 is 10.6 Å². The van der Waals surface area contributed by atoms with Crippen LogP contribution < -0.4 is 10.6 Å². The van der Waals surface area contributed by atoms with Crippen molar-refractivity contribution in [1.29, 1.82) is 0 Å². The van der Waals surface area contributed by atoms with Crippen LogP contribution in [0.25, 0.3) is 0 Å². The molecule has 0 aromatic carbocycles. The number of alkyl halides is 1. The van der Waals surface area contributed by atoms with E-state index in [2.05, 4.69) is 10.6 Å². The van der Waals surface area contributed by atoms with Gasteiger partial charge in [0.1, 0.15) is 0 Å². The summed E-state index contributed by atoms with van der Waals surface area (Å²) in [4.78, 5) is 11.3. The molecule has 0 unspecified atom stereocenters. The Labute approximate surface area is 78.1 Å². The van der Waals surface area contributed by atoms with Crippen LogP contribution in [0.2, 0.25) is 0 Å². The molecule has 0 bridgehead atoms. The number of carbonyl (C=O) groups is 1. The van der Waals surface area contributed by atoms with Gasteiger partial charge in [-0.2, -0.15) is 0 Å². The lowest BCUT2D eigenvalue weighted by molar-refractivity contribution is -0.131. The standard InChI is InChI=1S/C9H17FN2O/c1-7(2)5-12-8(13)9(10)3-4-11-6-9/h7,11H,3-6H2,1-2H3,(H,12,13)/t9-/m0/s1. The van der Waals surface area contributed by atoms with Crippen LogP contribution in [-0.2, 0) is 4.79 Å². The van der Waals surface area contributed by atoms with Crippen molar-refractivity contribution in [2.45, 2.75) is 25.9 Å². The quantitative estimate of drug-likeness (QED) is 0.675. The highest BCUT2D eigenvalue weighted by Crippen LogP contribution is 2.19. The van der Waals surface area contributed by atoms with E-state index in [1.165, 1.54) is 0 Å². The van der Waals surface area contributed by atoms with Crippen LogP contribution in [0.1, 0.15) is 20.3 Å². The second kappa shape index (κ2) is 4.05. The van der Waals surface area contributed by atoms with Crippen molar-refractivity contribution in [2.75, 3.05) is 19.6 Å². The Morgan fingerprint density at radius 2 is 2.38 bits per heavy atom. The summed E-state index contributed by atoms with van der Waals surface area (Å²) in [5, 5.41) is 5.46. The minimum atomic E-state index is -1.67. The molecule has 4 heteroatoms. The van der Waals surface area contributed by atoms with Crippen molar-refractivity contribution < 1.29 is 9.18 Å². The van der Waals surface area contributed by atoms with Gasteiger partial charge in [-0.3, -0.25) is 4.79 Å². The second-order valence-corrected chi connectivity index (χ2v) is 4.00. The number of carbonyl (C=O) groups excluding carboxylic acids is 1. The summed E-state index contributed by atoms with van der Waals surface area (Å²) in [6.07, 6.45) is 0.289. The lowest BCUT2D eigenvalue weighted by atomic mass is 10.0. The Balaban J connectivity index is 2.38. The average Bonchev–Trinajstić information content (AvgIpc) is 2.49. The molecule has 13 heavy (non-hydrogen) atoms. The van der Waals surface area contributed by atoms with Gasteiger partial charge in [-0.05, 0) is 12.5 Å². The smallest absolute Gasteiger partial charge is 0.259 e. The molecular formula is C9H17FN2O. The van der Waals surface area contributed by atoms with Crippen molar-refractivity contribution >= 4 is 5.91 Å². The fourth-order valence-corrected chi connectivity index (χ4v) is 1.31. The maximum Gasteiger partial charge on any atom is 0.259 e. The Kier molecular flexibility index (Phi) is 3.25. The predicted octanol–water partition coefficient (Wildman–Crippen LogP) is 0.460. The molecule has 3 nitrogen and oxygen atoms in total. The van der Waals surface area contributed by atoms with E-state index in [0.29, 0.717) is 19.0 Å². The van der Waals surface area contributed by atoms with E-state index >= 15 is 0 Å². The van der Waals surface area contributed by atoms with Crippen LogP contribution in [0.3, 0.4) is 0 Å². The van der Waals surface area contributed by atoms with E-state index in [9.17, 15) is 9.18 Å². The number of hydrogen-bond acceptors (Lipinski definition) is 2. The zero-order chi connectivity index (χ0) is 9.90. The molecule has 1 amide bonds. The van der Waals surface area contributed by atoms with Gasteiger partial charge in [0.2, 0.25) is 5.67 Å². The van der Waals surface area contributed by atoms with Gasteiger partial charge >= 0.3 is 0 Å². The van der Waals surface area contributed by atoms with Gasteiger partial charge in [0.15, 0.2) is 0 Å². The Morgan fingerprint density at radius 1 is 1.69 bits per heavy atom. The van der Waals surface area contributed by atoms with Crippen molar-refractivity contribution in [2.24, 2.45) is 5.92 Å². The third-order valence-electron chi connectivity index (χ3n) is 2.18. The van der Waals surface area contributed by atoms with Gasteiger partial charge in [0, 0.05) is 19.5 Å². The minimum absolute atomic E-state index is 0.150. The number of halogens is 1. The largest absolute Gasteiger partial charge is 0.353 e. The van der Waals surface area contributed by atoms with Crippen LogP contribution in [0, 0.1) is 5.92 Å². The summed E-state index contributed by atoms with van der Waals surface area (Å²) in [5.41, 5.74) is -1.67. The van der Waals surface area contributed by atoms with Crippen LogP contribution in [-0.4, -0.2) is 31.2 Å². The molecular weight excluding hydrogens is 171 g/mol. The molecule has 0 spiro atoms. The number of amides is 1. The summed E-state index contributed by atoms with van der Waals surface area (Å²) in [5.74, 6) is -0.104. The highest BCUT2D eigenvalue weighted by molar-refractivity contribution is 5.85. The number of hydrogen-bond donors (Lipinski definition) is 2. The molecule has 1 atom stereocenters. The molecule has 1 aliphatic heterocycles. The SMILES string of the molecule is CC(C)CNC(=O)[C@]1(F)CCNC1. The topological polar surface area (TPSA) is 41.1 Å². The van der Waals surface area contributed by atoms with Crippen LogP contribution in [0.5, 0.6) is 0 Å². The van der Waals surface area contributed by atoms with Crippen LogP contribution in [0.4, 0.5) is 4.39 Å². The van der Waals surface area contributed by atoms with E-state index < -0.39 is 11.6 Å². The predicted molar refractivity (Wildman–Crippen MR) is 49.2 cm³/mol. The first kappa shape index (κ1) is 10.4. The molecule has 0 aromatic rings. The molecule has 1 heterocycles. The fourth-order valence-electron chi connectivity index (χ4n) is 1.31. The summed E-state index contributed by atoms with van der Waals surface area (Å²) in [7, 11) is 0. The molecule has 76 valence electrons. The molecule has 0 aromatic heterocycles. The van der Waals surface area contributed by atoms with Crippen molar-refractivity contribution in [1.82, 2.24) is 10.6 Å². The summed E-state index contributed by atoms with van der Waals surface area (Å²) in [6, 6.07) is 0. The fraction of sp³-hybridized carbons (Fsp3) is 0.889. The molecule has 1 saturated heterocycles. The van der Waals surface area contributed by atoms with E-state index in [4.69, 9.17) is 0 Å². The minimum Gasteiger partial charge on any atom is -0.353 e. The van der Waals surface area contributed by atoms with Gasteiger partial charge in [0.25, 0.3) is 5.91 Å². The molecule has 0 aliphatic carbocycles. The van der Waals surface area contributed by atoms with Crippen molar-refractivity contribution in [3.63, 3.8) is 0 Å². The molecule has 1 aliphatic rings. The lowest BCUT2D eigenvalue weighted by Crippen LogP contribution is -2.45. The maximum atomic E-state index is 13.7. The van der Waals surface area contributed by atoms with E-state index in [0.717, 1.165) is 0 Å². The van der Waals surface area contributed by atoms with E-state index in [1.54, 1.807) is 0 Å². The third kappa shape index (κ3) is 2.66. The van der Waals surface area contributed by atoms with Crippen molar-refractivity contribution in [3.05, 3.63) is 0 Å². The summed E-state index contributed by atoms with van der Waals surface area (Å²) in [6.45, 7) is 5.25. The molecule has 0 saturated carbocycles. The zero-order valence-electron chi connectivity index (χ0n) is 8.19. The second-order valence-electron chi connectivity index (χ2n) is 4.00. The molecule has 1 rings (SSSR count). The average molecular weight is 188 g/mol. The zero-order valence-corrected chi connectivity index (χ0v) is 8.19. The Bertz CT molecular complexity index is 188. The number of nitrogens with one attached hydrogen (secondary N) is 2. The first-order valence-corrected chi connectivity index (χ1v) is 4.72. The van der Waals surface area contributed by atoms with Gasteiger partial charge in [-0.1, -0.05) is 13.8 Å². The normalized spacial score (nSPS) is 28.0. The van der Waals surface area contributed by atoms with Crippen molar-refractivity contribution in [3.8, 4) is 0 Å². The molecule has 2 N–H and O–H groups in total. The summed E-state index contributed by atoms with van der Waals surface area (Å²) >= 11 is 0. The maximum absolute atomic E-state index is 13.7. The number of rotatable bonds is 3. The third-order valence-corrected chi connectivity index (χ3v) is 2.18. The monoisotopic (exact) mass is 188 g/mol. The first-order chi connectivity index (χ1) is 6.04. The first-order valence-electron chi connectivity index (χ1n) is 4.72. The Hall–Kier alpha value is -0.640. The van der Waals surface area contributed by atoms with Crippen LogP contribution >= 0.6 is 0 Å². The van der Waals surface area contributed by atoms with E-state index in [-0.39, 0.29) is 13.0 Å². The van der Waals surface area contributed by atoms with Gasteiger partial charge in [-0.25, -0.2) is 4.39 Å². The molecule has 0 radical (unpaired) electrons. The van der Waals surface area contributed by atoms with Gasteiger partial charge in [-0.15, -0.1) is 0 Å². The summed E-state index contributed by atoms with van der Waals surface area (Å²) < 4.78 is 13.7. The lowest BCUT2D eigenvalue weighted by Gasteiger charge is -2.18. The Morgan fingerprint density at radius 3 is 2.85 bits per heavy atom. The molecule has 1 fully saturated rings. The van der Waals surface area contributed by atoms with E-state index in [1.807, 2.05) is 13.8 Å².